The summed E-state index contributed by atoms with van der Waals surface area (Å²) in [5, 5.41) is 0. The number of hydrogen-bond acceptors (Lipinski definition) is 4. The fourth-order valence-electron chi connectivity index (χ4n) is 1.40. The first kappa shape index (κ1) is 16.9. The van der Waals surface area contributed by atoms with E-state index in [2.05, 4.69) is 0 Å². The zero-order valence-electron chi connectivity index (χ0n) is 10.5. The van der Waals surface area contributed by atoms with Gasteiger partial charge < -0.3 is 15.2 Å². The van der Waals surface area contributed by atoms with E-state index >= 15 is 0 Å². The maximum atomic E-state index is 11.1. The number of nitrogens with two attached hydrogens (primary N) is 1. The van der Waals surface area contributed by atoms with Gasteiger partial charge in [0, 0.05) is 6.04 Å². The van der Waals surface area contributed by atoms with Gasteiger partial charge in [-0.05, 0) is 12.5 Å². The molecule has 0 aliphatic heterocycles. The van der Waals surface area contributed by atoms with Crippen LogP contribution in [0.15, 0.2) is 30.3 Å². The molecule has 2 N–H and O–H groups in total. The smallest absolute Gasteiger partial charge is 0.307 e. The van der Waals surface area contributed by atoms with Gasteiger partial charge in [0.15, 0.2) is 0 Å². The molecule has 5 heteroatoms. The van der Waals surface area contributed by atoms with E-state index < -0.39 is 0 Å². The van der Waals surface area contributed by atoms with Gasteiger partial charge in [0.1, 0.15) is 0 Å². The van der Waals surface area contributed by atoms with E-state index in [4.69, 9.17) is 15.2 Å². The third kappa shape index (κ3) is 7.27. The third-order valence-electron chi connectivity index (χ3n) is 2.18. The molecule has 0 aliphatic carbocycles. The molecule has 0 heterocycles. The summed E-state index contributed by atoms with van der Waals surface area (Å²) in [6.07, 6.45) is 0.197. The SMILES string of the molecule is CCOC(=O)C[C@H](N)COCc1ccccc1.Cl. The van der Waals surface area contributed by atoms with Gasteiger partial charge in [0.05, 0.1) is 26.2 Å². The van der Waals surface area contributed by atoms with Crippen LogP contribution in [0.5, 0.6) is 0 Å². The fraction of sp³-hybridized carbons (Fsp3) is 0.462. The average molecular weight is 274 g/mol. The Morgan fingerprint density at radius 3 is 2.61 bits per heavy atom. The number of carbonyl (C=O) groups is 1. The Bertz CT molecular complexity index is 332. The van der Waals surface area contributed by atoms with Crippen LogP contribution in [0.1, 0.15) is 18.9 Å². The van der Waals surface area contributed by atoms with Crippen LogP contribution in [0.2, 0.25) is 0 Å². The largest absolute Gasteiger partial charge is 0.466 e. The first-order chi connectivity index (χ1) is 8.22. The molecule has 0 spiro atoms. The van der Waals surface area contributed by atoms with Gasteiger partial charge in [-0.15, -0.1) is 12.4 Å². The van der Waals surface area contributed by atoms with Crippen LogP contribution in [-0.2, 0) is 20.9 Å². The Balaban J connectivity index is 0.00000289. The van der Waals surface area contributed by atoms with Crippen molar-refractivity contribution in [2.45, 2.75) is 26.0 Å². The van der Waals surface area contributed by atoms with Crippen LogP contribution in [0.3, 0.4) is 0 Å². The van der Waals surface area contributed by atoms with Gasteiger partial charge in [-0.1, -0.05) is 30.3 Å². The summed E-state index contributed by atoms with van der Waals surface area (Å²) in [5.74, 6) is -0.275. The Morgan fingerprint density at radius 1 is 1.33 bits per heavy atom. The molecule has 0 radical (unpaired) electrons. The standard InChI is InChI=1S/C13H19NO3.ClH/c1-2-17-13(15)8-12(14)10-16-9-11-6-4-3-5-7-11;/h3-7,12H,2,8-10,14H2,1H3;1H/t12-;/m0./s1. The number of carbonyl (C=O) groups excluding carboxylic acids is 1. The van der Waals surface area contributed by atoms with Crippen molar-refractivity contribution < 1.29 is 14.3 Å². The molecule has 0 aliphatic rings. The minimum atomic E-state index is -0.308. The Morgan fingerprint density at radius 2 is 2.00 bits per heavy atom. The molecule has 4 nitrogen and oxygen atoms in total. The summed E-state index contributed by atoms with van der Waals surface area (Å²) in [5.41, 5.74) is 6.84. The lowest BCUT2D eigenvalue weighted by molar-refractivity contribution is -0.143. The summed E-state index contributed by atoms with van der Waals surface area (Å²) >= 11 is 0. The van der Waals surface area contributed by atoms with Crippen molar-refractivity contribution in [1.82, 2.24) is 0 Å². The van der Waals surface area contributed by atoms with Gasteiger partial charge in [0.2, 0.25) is 0 Å². The third-order valence-corrected chi connectivity index (χ3v) is 2.18. The lowest BCUT2D eigenvalue weighted by atomic mass is 10.2. The van der Waals surface area contributed by atoms with E-state index in [1.54, 1.807) is 6.92 Å². The lowest BCUT2D eigenvalue weighted by Crippen LogP contribution is -2.29. The van der Waals surface area contributed by atoms with Crippen molar-refractivity contribution in [3.8, 4) is 0 Å². The van der Waals surface area contributed by atoms with E-state index in [1.165, 1.54) is 0 Å². The van der Waals surface area contributed by atoms with Gasteiger partial charge in [0.25, 0.3) is 0 Å². The van der Waals surface area contributed by atoms with Crippen molar-refractivity contribution in [1.29, 1.82) is 0 Å². The molecule has 1 rings (SSSR count). The highest BCUT2D eigenvalue weighted by Crippen LogP contribution is 2.01. The number of benzene rings is 1. The maximum Gasteiger partial charge on any atom is 0.307 e. The first-order valence-corrected chi connectivity index (χ1v) is 5.75. The van der Waals surface area contributed by atoms with Gasteiger partial charge in [-0.2, -0.15) is 0 Å². The second-order valence-electron chi connectivity index (χ2n) is 3.77. The Labute approximate surface area is 114 Å². The van der Waals surface area contributed by atoms with Crippen LogP contribution in [0.4, 0.5) is 0 Å². The summed E-state index contributed by atoms with van der Waals surface area (Å²) in [4.78, 5) is 11.1. The quantitative estimate of drug-likeness (QED) is 0.771. The molecule has 18 heavy (non-hydrogen) atoms. The summed E-state index contributed by atoms with van der Waals surface area (Å²) in [7, 11) is 0. The molecule has 1 atom stereocenters. The predicted molar refractivity (Wildman–Crippen MR) is 72.6 cm³/mol. The van der Waals surface area contributed by atoms with Crippen LogP contribution < -0.4 is 5.73 Å². The number of ether oxygens (including phenoxy) is 2. The van der Waals surface area contributed by atoms with Crippen molar-refractivity contribution in [2.75, 3.05) is 13.2 Å². The molecule has 0 amide bonds. The molecule has 102 valence electrons. The monoisotopic (exact) mass is 273 g/mol. The second-order valence-corrected chi connectivity index (χ2v) is 3.77. The highest BCUT2D eigenvalue weighted by atomic mass is 35.5. The summed E-state index contributed by atoms with van der Waals surface area (Å²) < 4.78 is 10.2. The van der Waals surface area contributed by atoms with Crippen LogP contribution >= 0.6 is 12.4 Å². The maximum absolute atomic E-state index is 11.1. The summed E-state index contributed by atoms with van der Waals surface area (Å²) in [6.45, 7) is 3.02. The topological polar surface area (TPSA) is 61.5 Å². The molecular formula is C13H20ClNO3. The second kappa shape index (κ2) is 9.88. The van der Waals surface area contributed by atoms with Gasteiger partial charge in [-0.3, -0.25) is 4.79 Å². The van der Waals surface area contributed by atoms with E-state index in [1.807, 2.05) is 30.3 Å². The Kier molecular flexibility index (Phi) is 9.28. The zero-order chi connectivity index (χ0) is 12.5. The van der Waals surface area contributed by atoms with E-state index in [-0.39, 0.29) is 30.8 Å². The van der Waals surface area contributed by atoms with E-state index in [9.17, 15) is 4.79 Å². The fourth-order valence-corrected chi connectivity index (χ4v) is 1.40. The molecule has 0 fully saturated rings. The van der Waals surface area contributed by atoms with E-state index in [0.717, 1.165) is 5.56 Å². The molecule has 0 aromatic heterocycles. The predicted octanol–water partition coefficient (Wildman–Crippen LogP) is 1.91. The molecule has 1 aromatic carbocycles. The van der Waals surface area contributed by atoms with Gasteiger partial charge in [-0.25, -0.2) is 0 Å². The van der Waals surface area contributed by atoms with E-state index in [0.29, 0.717) is 19.8 Å². The number of halogens is 1. The minimum Gasteiger partial charge on any atom is -0.466 e. The first-order valence-electron chi connectivity index (χ1n) is 5.75. The average Bonchev–Trinajstić information content (AvgIpc) is 2.30. The normalized spacial score (nSPS) is 11.4. The van der Waals surface area contributed by atoms with Crippen LogP contribution in [-0.4, -0.2) is 25.2 Å². The highest BCUT2D eigenvalue weighted by Gasteiger charge is 2.10. The molecule has 1 aromatic rings. The molecule has 0 saturated carbocycles. The molecular weight excluding hydrogens is 254 g/mol. The van der Waals surface area contributed by atoms with Crippen LogP contribution in [0, 0.1) is 0 Å². The minimum absolute atomic E-state index is 0. The molecule has 0 unspecified atom stereocenters. The summed E-state index contributed by atoms with van der Waals surface area (Å²) in [6, 6.07) is 9.52. The van der Waals surface area contributed by atoms with Crippen molar-refractivity contribution in [3.05, 3.63) is 35.9 Å². The lowest BCUT2D eigenvalue weighted by Gasteiger charge is -2.11. The van der Waals surface area contributed by atoms with Crippen LogP contribution in [0.25, 0.3) is 0 Å². The van der Waals surface area contributed by atoms with Crippen molar-refractivity contribution >= 4 is 18.4 Å². The molecule has 0 bridgehead atoms. The number of rotatable bonds is 7. The number of esters is 1. The highest BCUT2D eigenvalue weighted by molar-refractivity contribution is 5.85. The zero-order valence-corrected chi connectivity index (χ0v) is 11.3. The Hall–Kier alpha value is -1.10. The van der Waals surface area contributed by atoms with Crippen molar-refractivity contribution in [3.63, 3.8) is 0 Å². The number of hydrogen-bond donors (Lipinski definition) is 1. The molecule has 0 saturated heterocycles. The van der Waals surface area contributed by atoms with Crippen molar-refractivity contribution in [2.24, 2.45) is 5.73 Å². The van der Waals surface area contributed by atoms with Gasteiger partial charge >= 0.3 is 5.97 Å².